The Balaban J connectivity index is 2.10. The van der Waals surface area contributed by atoms with E-state index in [9.17, 15) is 4.79 Å². The summed E-state index contributed by atoms with van der Waals surface area (Å²) in [6.07, 6.45) is 0. The number of hydrogen-bond donors (Lipinski definition) is 0. The van der Waals surface area contributed by atoms with E-state index in [0.29, 0.717) is 30.1 Å². The van der Waals surface area contributed by atoms with Gasteiger partial charge in [-0.2, -0.15) is 4.99 Å². The van der Waals surface area contributed by atoms with Crippen molar-refractivity contribution < 1.29 is 9.53 Å². The summed E-state index contributed by atoms with van der Waals surface area (Å²) in [5.74, 6) is -0.233. The maximum absolute atomic E-state index is 12.6. The molecule has 0 atom stereocenters. The zero-order valence-corrected chi connectivity index (χ0v) is 17.5. The predicted molar refractivity (Wildman–Crippen MR) is 110 cm³/mol. The van der Waals surface area contributed by atoms with Gasteiger partial charge in [0.05, 0.1) is 16.8 Å². The molecule has 0 unspecified atom stereocenters. The maximum Gasteiger partial charge on any atom is 0.279 e. The van der Waals surface area contributed by atoms with Gasteiger partial charge in [0.2, 0.25) is 0 Å². The van der Waals surface area contributed by atoms with Crippen LogP contribution in [0.5, 0.6) is 0 Å². The lowest BCUT2D eigenvalue weighted by atomic mass is 10.1. The Bertz CT molecular complexity index is 1000. The maximum atomic E-state index is 12.6. The monoisotopic (exact) mass is 432 g/mol. The first-order valence-electron chi connectivity index (χ1n) is 8.52. The molecule has 0 aliphatic carbocycles. The Morgan fingerprint density at radius 2 is 1.96 bits per heavy atom. The fraction of sp³-hybridized carbons (Fsp3) is 0.300. The molecule has 4 nitrogen and oxygen atoms in total. The zero-order chi connectivity index (χ0) is 18.7. The lowest BCUT2D eigenvalue weighted by Crippen LogP contribution is -2.19. The molecule has 0 spiro atoms. The molecule has 26 heavy (non-hydrogen) atoms. The van der Waals surface area contributed by atoms with Crippen LogP contribution in [0.1, 0.15) is 28.4 Å². The Kier molecular flexibility index (Phi) is 6.06. The van der Waals surface area contributed by atoms with E-state index in [0.717, 1.165) is 14.7 Å². The van der Waals surface area contributed by atoms with E-state index < -0.39 is 0 Å². The number of fused-ring (bicyclic) bond motifs is 1. The summed E-state index contributed by atoms with van der Waals surface area (Å²) in [7, 11) is 0. The van der Waals surface area contributed by atoms with Crippen LogP contribution in [0.15, 0.2) is 45.9 Å². The van der Waals surface area contributed by atoms with Gasteiger partial charge in [0.15, 0.2) is 4.80 Å². The van der Waals surface area contributed by atoms with Gasteiger partial charge in [-0.05, 0) is 62.2 Å². The van der Waals surface area contributed by atoms with Crippen molar-refractivity contribution in [2.75, 3.05) is 13.2 Å². The molecule has 0 saturated carbocycles. The molecule has 2 aromatic carbocycles. The van der Waals surface area contributed by atoms with Gasteiger partial charge in [-0.1, -0.05) is 33.3 Å². The topological polar surface area (TPSA) is 43.6 Å². The molecule has 0 saturated heterocycles. The molecule has 0 radical (unpaired) electrons. The molecule has 0 aliphatic heterocycles. The third-order valence-electron chi connectivity index (χ3n) is 4.07. The second-order valence-electron chi connectivity index (χ2n) is 6.09. The Morgan fingerprint density at radius 3 is 2.65 bits per heavy atom. The van der Waals surface area contributed by atoms with E-state index in [-0.39, 0.29) is 5.91 Å². The fourth-order valence-electron chi connectivity index (χ4n) is 2.86. The van der Waals surface area contributed by atoms with Crippen molar-refractivity contribution in [3.8, 4) is 0 Å². The normalized spacial score (nSPS) is 12.1. The average Bonchev–Trinajstić information content (AvgIpc) is 2.93. The molecule has 0 bridgehead atoms. The highest BCUT2D eigenvalue weighted by Crippen LogP contribution is 2.23. The third-order valence-corrected chi connectivity index (χ3v) is 5.82. The SMILES string of the molecule is CCOCCn1c(=NC(=O)c2ccc(Br)cc2)sc2c(C)cc(C)cc21. The van der Waals surface area contributed by atoms with Crippen LogP contribution in [0.4, 0.5) is 0 Å². The second-order valence-corrected chi connectivity index (χ2v) is 7.98. The fourth-order valence-corrected chi connectivity index (χ4v) is 4.23. The van der Waals surface area contributed by atoms with Crippen molar-refractivity contribution in [2.45, 2.75) is 27.3 Å². The van der Waals surface area contributed by atoms with Crippen molar-refractivity contribution >= 4 is 43.4 Å². The Morgan fingerprint density at radius 1 is 1.23 bits per heavy atom. The van der Waals surface area contributed by atoms with Crippen molar-refractivity contribution in [3.05, 3.63) is 62.4 Å². The number of nitrogens with zero attached hydrogens (tertiary/aromatic N) is 2. The van der Waals surface area contributed by atoms with Gasteiger partial charge >= 0.3 is 0 Å². The number of rotatable bonds is 5. The molecular weight excluding hydrogens is 412 g/mol. The zero-order valence-electron chi connectivity index (χ0n) is 15.1. The van der Waals surface area contributed by atoms with E-state index in [1.807, 2.05) is 19.1 Å². The summed E-state index contributed by atoms with van der Waals surface area (Å²) in [6.45, 7) is 8.09. The summed E-state index contributed by atoms with van der Waals surface area (Å²) in [5.41, 5.74) is 4.08. The molecule has 0 N–H and O–H groups in total. The number of benzene rings is 2. The third kappa shape index (κ3) is 4.14. The van der Waals surface area contributed by atoms with Crippen LogP contribution < -0.4 is 4.80 Å². The van der Waals surface area contributed by atoms with Crippen LogP contribution in [0.2, 0.25) is 0 Å². The van der Waals surface area contributed by atoms with Crippen LogP contribution >= 0.6 is 27.3 Å². The van der Waals surface area contributed by atoms with Crippen LogP contribution in [-0.4, -0.2) is 23.7 Å². The van der Waals surface area contributed by atoms with Gasteiger partial charge in [-0.3, -0.25) is 4.79 Å². The van der Waals surface area contributed by atoms with Crippen LogP contribution in [0.25, 0.3) is 10.2 Å². The number of ether oxygens (including phenoxy) is 1. The molecule has 0 fully saturated rings. The number of carbonyl (C=O) groups excluding carboxylic acids is 1. The quantitative estimate of drug-likeness (QED) is 0.540. The van der Waals surface area contributed by atoms with Crippen LogP contribution in [-0.2, 0) is 11.3 Å². The van der Waals surface area contributed by atoms with E-state index in [2.05, 4.69) is 51.5 Å². The van der Waals surface area contributed by atoms with Gasteiger partial charge < -0.3 is 9.30 Å². The number of aryl methyl sites for hydroxylation is 2. The lowest BCUT2D eigenvalue weighted by Gasteiger charge is -2.07. The highest BCUT2D eigenvalue weighted by atomic mass is 79.9. The first-order chi connectivity index (χ1) is 12.5. The number of amides is 1. The van der Waals surface area contributed by atoms with E-state index in [1.165, 1.54) is 11.1 Å². The molecule has 0 aliphatic rings. The minimum Gasteiger partial charge on any atom is -0.380 e. The summed E-state index contributed by atoms with van der Waals surface area (Å²) >= 11 is 4.94. The number of halogens is 1. The van der Waals surface area contributed by atoms with Crippen molar-refractivity contribution in [2.24, 2.45) is 4.99 Å². The standard InChI is InChI=1S/C20H21BrN2O2S/c1-4-25-10-9-23-17-12-13(2)11-14(3)18(17)26-20(23)22-19(24)15-5-7-16(21)8-6-15/h5-8,11-12H,4,9-10H2,1-3H3. The number of carbonyl (C=O) groups is 1. The summed E-state index contributed by atoms with van der Waals surface area (Å²) in [4.78, 5) is 17.7. The first kappa shape index (κ1) is 19.0. The number of thiazole rings is 1. The molecular formula is C20H21BrN2O2S. The number of aromatic nitrogens is 1. The largest absolute Gasteiger partial charge is 0.380 e. The van der Waals surface area contributed by atoms with E-state index in [4.69, 9.17) is 4.74 Å². The molecule has 6 heteroatoms. The average molecular weight is 433 g/mol. The van der Waals surface area contributed by atoms with E-state index >= 15 is 0 Å². The number of hydrogen-bond acceptors (Lipinski definition) is 3. The molecule has 3 aromatic rings. The molecule has 3 rings (SSSR count). The van der Waals surface area contributed by atoms with Crippen molar-refractivity contribution in [3.63, 3.8) is 0 Å². The van der Waals surface area contributed by atoms with Crippen molar-refractivity contribution in [1.82, 2.24) is 4.57 Å². The predicted octanol–water partition coefficient (Wildman–Crippen LogP) is 4.86. The van der Waals surface area contributed by atoms with Crippen molar-refractivity contribution in [1.29, 1.82) is 0 Å². The Labute approximate surface area is 165 Å². The molecule has 1 amide bonds. The van der Waals surface area contributed by atoms with Gasteiger partial charge in [0.1, 0.15) is 0 Å². The Hall–Kier alpha value is -1.76. The van der Waals surface area contributed by atoms with Gasteiger partial charge in [-0.15, -0.1) is 0 Å². The second kappa shape index (κ2) is 8.29. The first-order valence-corrected chi connectivity index (χ1v) is 10.1. The lowest BCUT2D eigenvalue weighted by molar-refractivity contribution is 0.0996. The van der Waals surface area contributed by atoms with Gasteiger partial charge in [0.25, 0.3) is 5.91 Å². The molecule has 1 aromatic heterocycles. The minimum atomic E-state index is -0.233. The summed E-state index contributed by atoms with van der Waals surface area (Å²) in [5, 5.41) is 0. The van der Waals surface area contributed by atoms with Crippen LogP contribution in [0, 0.1) is 13.8 Å². The summed E-state index contributed by atoms with van der Waals surface area (Å²) in [6, 6.07) is 11.6. The van der Waals surface area contributed by atoms with Gasteiger partial charge in [0, 0.05) is 23.2 Å². The minimum absolute atomic E-state index is 0.233. The van der Waals surface area contributed by atoms with Gasteiger partial charge in [-0.25, -0.2) is 0 Å². The molecule has 136 valence electrons. The summed E-state index contributed by atoms with van der Waals surface area (Å²) < 4.78 is 9.72. The smallest absolute Gasteiger partial charge is 0.279 e. The molecule has 1 heterocycles. The highest BCUT2D eigenvalue weighted by Gasteiger charge is 2.11. The van der Waals surface area contributed by atoms with Crippen LogP contribution in [0.3, 0.4) is 0 Å². The van der Waals surface area contributed by atoms with E-state index in [1.54, 1.807) is 23.5 Å². The highest BCUT2D eigenvalue weighted by molar-refractivity contribution is 9.10.